The fraction of sp³-hybridized carbons (Fsp3) is 0.515. The molecule has 3 aromatic heterocycles. The molecule has 1 N–H and O–H groups in total. The van der Waals surface area contributed by atoms with E-state index in [9.17, 15) is 14.4 Å². The Morgan fingerprint density at radius 2 is 1.78 bits per heavy atom. The Labute approximate surface area is 261 Å². The molecule has 2 aliphatic rings. The normalized spacial score (nSPS) is 16.9. The minimum atomic E-state index is -0.601. The number of rotatable bonds is 6. The molecule has 4 heterocycles. The van der Waals surface area contributed by atoms with Crippen LogP contribution in [0.15, 0.2) is 27.8 Å². The second kappa shape index (κ2) is 11.7. The molecule has 12 nitrogen and oxygen atoms in total. The lowest BCUT2D eigenvalue weighted by molar-refractivity contribution is 0.0499. The number of piperidine rings is 1. The third-order valence-corrected chi connectivity index (χ3v) is 8.27. The number of fused-ring (bicyclic) bond motifs is 2. The number of nitrogens with one attached hydrogen (secondary N) is 1. The van der Waals surface area contributed by atoms with Gasteiger partial charge in [0, 0.05) is 25.2 Å². The second-order valence-electron chi connectivity index (χ2n) is 13.0. The predicted octanol–water partition coefficient (Wildman–Crippen LogP) is 3.82. The van der Waals surface area contributed by atoms with Crippen molar-refractivity contribution in [2.24, 2.45) is 0 Å². The molecule has 1 aromatic carbocycles. The van der Waals surface area contributed by atoms with Gasteiger partial charge in [-0.25, -0.2) is 19.6 Å². The fourth-order valence-electron chi connectivity index (χ4n) is 5.90. The van der Waals surface area contributed by atoms with Crippen LogP contribution in [-0.4, -0.2) is 59.5 Å². The molecule has 0 unspecified atom stereocenters. The van der Waals surface area contributed by atoms with Crippen LogP contribution in [0.1, 0.15) is 76.4 Å². The van der Waals surface area contributed by atoms with E-state index in [4.69, 9.17) is 9.72 Å². The number of carbonyl (C=O) groups excluding carboxylic acids is 1. The van der Waals surface area contributed by atoms with Crippen LogP contribution in [-0.2, 0) is 17.8 Å². The van der Waals surface area contributed by atoms with E-state index in [-0.39, 0.29) is 30.9 Å². The van der Waals surface area contributed by atoms with Crippen LogP contribution in [0.5, 0.6) is 0 Å². The Balaban J connectivity index is 1.43. The van der Waals surface area contributed by atoms with Gasteiger partial charge in [-0.3, -0.25) is 18.5 Å². The smallest absolute Gasteiger partial charge is 0.407 e. The predicted molar refractivity (Wildman–Crippen MR) is 173 cm³/mol. The lowest BCUT2D eigenvalue weighted by Gasteiger charge is -2.34. The van der Waals surface area contributed by atoms with E-state index in [1.54, 1.807) is 11.5 Å². The molecule has 1 aliphatic heterocycles. The van der Waals surface area contributed by atoms with Gasteiger partial charge in [0.25, 0.3) is 5.56 Å². The number of ether oxygens (including phenoxy) is 1. The highest BCUT2D eigenvalue weighted by Crippen LogP contribution is 2.36. The Kier molecular flexibility index (Phi) is 7.89. The van der Waals surface area contributed by atoms with Gasteiger partial charge in [0.2, 0.25) is 5.95 Å². The number of hydrogen-bond acceptors (Lipinski definition) is 8. The monoisotopic (exact) mass is 612 g/mol. The van der Waals surface area contributed by atoms with E-state index in [1.807, 2.05) is 57.4 Å². The zero-order valence-corrected chi connectivity index (χ0v) is 26.8. The molecule has 0 spiro atoms. The molecule has 236 valence electrons. The highest BCUT2D eigenvalue weighted by atomic mass is 16.6. The molecule has 2 fully saturated rings. The Morgan fingerprint density at radius 3 is 2.47 bits per heavy atom. The summed E-state index contributed by atoms with van der Waals surface area (Å²) >= 11 is 0. The molecule has 1 amide bonds. The number of amides is 1. The number of anilines is 1. The van der Waals surface area contributed by atoms with E-state index < -0.39 is 17.3 Å². The van der Waals surface area contributed by atoms with Crippen molar-refractivity contribution in [2.75, 3.05) is 18.0 Å². The van der Waals surface area contributed by atoms with Gasteiger partial charge in [-0.2, -0.15) is 4.98 Å². The minimum absolute atomic E-state index is 0.0173. The Morgan fingerprint density at radius 1 is 1.04 bits per heavy atom. The SMILES string of the molecule is CC#CCn1c(N2CCC[C@@H](NC(=O)OC(C)(C)C)C2)nc2c1c(=O)n(Cc1ccc3nc(C)c(C)nc3c1)c(=O)n2C1CC1. The zero-order valence-electron chi connectivity index (χ0n) is 26.8. The molecule has 0 radical (unpaired) electrons. The van der Waals surface area contributed by atoms with Crippen molar-refractivity contribution in [2.45, 2.75) is 98.0 Å². The summed E-state index contributed by atoms with van der Waals surface area (Å²) in [6, 6.07) is 5.48. The maximum absolute atomic E-state index is 14.3. The summed E-state index contributed by atoms with van der Waals surface area (Å²) in [5.74, 6) is 6.61. The fourth-order valence-corrected chi connectivity index (χ4v) is 5.90. The molecule has 1 atom stereocenters. The average Bonchev–Trinajstić information content (AvgIpc) is 3.73. The standard InChI is InChI=1S/C33H40N8O4/c1-7-8-16-39-27-28(37-30(39)38-15-9-10-23(19-38)36-31(43)45-33(4,5)6)41(24-12-13-24)32(44)40(29(27)42)18-22-11-14-25-26(17-22)35-21(3)20(2)34-25/h11,14,17,23-24H,9-10,12-13,15-16,18-19H2,1-6H3,(H,36,43)/t23-/m1/s1. The van der Waals surface area contributed by atoms with Crippen LogP contribution in [0.3, 0.4) is 0 Å². The Hall–Kier alpha value is -4.66. The van der Waals surface area contributed by atoms with E-state index in [0.717, 1.165) is 53.7 Å². The lowest BCUT2D eigenvalue weighted by atomic mass is 10.1. The molecule has 1 aliphatic carbocycles. The minimum Gasteiger partial charge on any atom is -0.444 e. The molecular formula is C33H40N8O4. The number of aromatic nitrogens is 6. The molecular weight excluding hydrogens is 572 g/mol. The molecule has 0 bridgehead atoms. The molecule has 45 heavy (non-hydrogen) atoms. The number of imidazole rings is 1. The summed E-state index contributed by atoms with van der Waals surface area (Å²) in [5, 5.41) is 2.99. The van der Waals surface area contributed by atoms with Crippen molar-refractivity contribution < 1.29 is 9.53 Å². The van der Waals surface area contributed by atoms with Crippen molar-refractivity contribution in [3.63, 3.8) is 0 Å². The van der Waals surface area contributed by atoms with Crippen LogP contribution in [0.4, 0.5) is 10.7 Å². The third kappa shape index (κ3) is 6.16. The number of aryl methyl sites for hydroxylation is 2. The van der Waals surface area contributed by atoms with Gasteiger partial charge in [0.15, 0.2) is 11.2 Å². The van der Waals surface area contributed by atoms with E-state index in [2.05, 4.69) is 32.0 Å². The van der Waals surface area contributed by atoms with Crippen molar-refractivity contribution in [3.05, 3.63) is 56.0 Å². The summed E-state index contributed by atoms with van der Waals surface area (Å²) in [5.41, 5.74) is 3.33. The maximum atomic E-state index is 14.3. The first kappa shape index (κ1) is 30.4. The van der Waals surface area contributed by atoms with Gasteiger partial charge in [-0.1, -0.05) is 12.0 Å². The first-order valence-electron chi connectivity index (χ1n) is 15.6. The summed E-state index contributed by atoms with van der Waals surface area (Å²) in [6.45, 7) is 12.6. The van der Waals surface area contributed by atoms with Crippen molar-refractivity contribution in [1.29, 1.82) is 0 Å². The molecule has 12 heteroatoms. The van der Waals surface area contributed by atoms with E-state index in [1.165, 1.54) is 4.57 Å². The molecule has 4 aromatic rings. The molecule has 6 rings (SSSR count). The molecule has 1 saturated carbocycles. The summed E-state index contributed by atoms with van der Waals surface area (Å²) in [7, 11) is 0. The number of alkyl carbamates (subject to hydrolysis) is 1. The van der Waals surface area contributed by atoms with Crippen LogP contribution < -0.4 is 21.5 Å². The van der Waals surface area contributed by atoms with Gasteiger partial charge in [-0.05, 0) is 84.9 Å². The van der Waals surface area contributed by atoms with E-state index >= 15 is 0 Å². The largest absolute Gasteiger partial charge is 0.444 e. The van der Waals surface area contributed by atoms with Gasteiger partial charge < -0.3 is 15.0 Å². The number of nitrogens with zero attached hydrogens (tertiary/aromatic N) is 7. The lowest BCUT2D eigenvalue weighted by Crippen LogP contribution is -2.49. The van der Waals surface area contributed by atoms with Crippen LogP contribution >= 0.6 is 0 Å². The van der Waals surface area contributed by atoms with Crippen LogP contribution in [0.2, 0.25) is 0 Å². The highest BCUT2D eigenvalue weighted by molar-refractivity contribution is 5.76. The van der Waals surface area contributed by atoms with Gasteiger partial charge in [-0.15, -0.1) is 5.92 Å². The van der Waals surface area contributed by atoms with Crippen molar-refractivity contribution in [1.82, 2.24) is 34.0 Å². The number of benzene rings is 1. The quantitative estimate of drug-likeness (QED) is 0.326. The van der Waals surface area contributed by atoms with Gasteiger partial charge in [0.05, 0.1) is 35.5 Å². The summed E-state index contributed by atoms with van der Waals surface area (Å²) in [6.07, 6.45) is 2.83. The van der Waals surface area contributed by atoms with Crippen molar-refractivity contribution in [3.8, 4) is 11.8 Å². The van der Waals surface area contributed by atoms with Crippen LogP contribution in [0, 0.1) is 25.7 Å². The van der Waals surface area contributed by atoms with Gasteiger partial charge >= 0.3 is 11.8 Å². The summed E-state index contributed by atoms with van der Waals surface area (Å²) in [4.78, 5) is 57.1. The first-order chi connectivity index (χ1) is 21.4. The highest BCUT2D eigenvalue weighted by Gasteiger charge is 2.33. The topological polar surface area (TPSA) is 129 Å². The Bertz CT molecular complexity index is 1980. The number of carbonyl (C=O) groups is 1. The van der Waals surface area contributed by atoms with E-state index in [0.29, 0.717) is 30.2 Å². The third-order valence-electron chi connectivity index (χ3n) is 8.27. The second-order valence-corrected chi connectivity index (χ2v) is 13.0. The average molecular weight is 613 g/mol. The van der Waals surface area contributed by atoms with Crippen molar-refractivity contribution >= 4 is 34.2 Å². The molecule has 1 saturated heterocycles. The number of hydrogen-bond donors (Lipinski definition) is 1. The summed E-state index contributed by atoms with van der Waals surface area (Å²) < 4.78 is 10.3. The van der Waals surface area contributed by atoms with Crippen LogP contribution in [0.25, 0.3) is 22.2 Å². The maximum Gasteiger partial charge on any atom is 0.407 e. The first-order valence-corrected chi connectivity index (χ1v) is 15.6. The zero-order chi connectivity index (χ0) is 32.0. The van der Waals surface area contributed by atoms with Gasteiger partial charge in [0.1, 0.15) is 5.60 Å².